The molecule has 2 aromatic heterocycles. The van der Waals surface area contributed by atoms with E-state index in [9.17, 15) is 4.79 Å². The summed E-state index contributed by atoms with van der Waals surface area (Å²) in [5, 5.41) is 0.959. The van der Waals surface area contributed by atoms with E-state index >= 15 is 0 Å². The number of pyridine rings is 1. The van der Waals surface area contributed by atoms with Crippen LogP contribution < -0.4 is 10.6 Å². The highest BCUT2D eigenvalue weighted by Crippen LogP contribution is 2.34. The summed E-state index contributed by atoms with van der Waals surface area (Å²) in [6.07, 6.45) is 4.01. The first-order valence-electron chi connectivity index (χ1n) is 9.14. The Morgan fingerprint density at radius 1 is 1.26 bits per heavy atom. The first-order chi connectivity index (χ1) is 12.8. The van der Waals surface area contributed by atoms with Crippen LogP contribution in [0, 0.1) is 0 Å². The fraction of sp³-hybridized carbons (Fsp3) is 0.333. The van der Waals surface area contributed by atoms with E-state index in [1.54, 1.807) is 12.4 Å². The van der Waals surface area contributed by atoms with Crippen LogP contribution in [-0.2, 0) is 17.7 Å². The lowest BCUT2D eigenvalue weighted by Crippen LogP contribution is -2.27. The number of benzene rings is 1. The molecule has 6 nitrogen and oxygen atoms in total. The maximum atomic E-state index is 12.5. The summed E-state index contributed by atoms with van der Waals surface area (Å²) in [7, 11) is 0. The molecule has 2 N–H and O–H groups in total. The SMILES string of the molecule is CC(C)(C)OC(=O)n1ccc2c(CN3CCc4c(N)cccc43)ccnc21. The van der Waals surface area contributed by atoms with Crippen LogP contribution in [-0.4, -0.2) is 27.8 Å². The van der Waals surface area contributed by atoms with E-state index in [0.717, 1.165) is 36.1 Å². The van der Waals surface area contributed by atoms with Gasteiger partial charge < -0.3 is 15.4 Å². The third-order valence-electron chi connectivity index (χ3n) is 4.79. The second-order valence-corrected chi connectivity index (χ2v) is 7.89. The average molecular weight is 364 g/mol. The molecular weight excluding hydrogens is 340 g/mol. The number of hydrogen-bond acceptors (Lipinski definition) is 5. The molecule has 1 aliphatic heterocycles. The van der Waals surface area contributed by atoms with Gasteiger partial charge >= 0.3 is 6.09 Å². The van der Waals surface area contributed by atoms with Crippen LogP contribution in [0.25, 0.3) is 11.0 Å². The molecule has 0 radical (unpaired) electrons. The number of nitrogens with two attached hydrogens (primary N) is 1. The number of rotatable bonds is 2. The minimum atomic E-state index is -0.551. The molecule has 4 rings (SSSR count). The van der Waals surface area contributed by atoms with Crippen molar-refractivity contribution < 1.29 is 9.53 Å². The molecular formula is C21H24N4O2. The monoisotopic (exact) mass is 364 g/mol. The minimum Gasteiger partial charge on any atom is -0.443 e. The predicted octanol–water partition coefficient (Wildman–Crippen LogP) is 3.96. The molecule has 0 atom stereocenters. The van der Waals surface area contributed by atoms with Crippen molar-refractivity contribution in [3.63, 3.8) is 0 Å². The predicted molar refractivity (Wildman–Crippen MR) is 107 cm³/mol. The smallest absolute Gasteiger partial charge is 0.420 e. The Kier molecular flexibility index (Phi) is 4.06. The average Bonchev–Trinajstić information content (AvgIpc) is 3.19. The zero-order valence-corrected chi connectivity index (χ0v) is 15.9. The Morgan fingerprint density at radius 2 is 2.07 bits per heavy atom. The van der Waals surface area contributed by atoms with E-state index in [0.29, 0.717) is 5.65 Å². The van der Waals surface area contributed by atoms with Crippen LogP contribution >= 0.6 is 0 Å². The molecule has 27 heavy (non-hydrogen) atoms. The maximum absolute atomic E-state index is 12.5. The summed E-state index contributed by atoms with van der Waals surface area (Å²) in [4.78, 5) is 19.2. The van der Waals surface area contributed by atoms with Gasteiger partial charge in [-0.15, -0.1) is 0 Å². The van der Waals surface area contributed by atoms with Crippen molar-refractivity contribution in [2.45, 2.75) is 39.3 Å². The van der Waals surface area contributed by atoms with Crippen LogP contribution in [0.15, 0.2) is 42.7 Å². The second-order valence-electron chi connectivity index (χ2n) is 7.89. The fourth-order valence-electron chi connectivity index (χ4n) is 3.59. The summed E-state index contributed by atoms with van der Waals surface area (Å²) < 4.78 is 6.96. The van der Waals surface area contributed by atoms with Crippen LogP contribution in [0.1, 0.15) is 31.9 Å². The van der Waals surface area contributed by atoms with Crippen LogP contribution in [0.3, 0.4) is 0 Å². The molecule has 0 saturated heterocycles. The van der Waals surface area contributed by atoms with E-state index in [1.165, 1.54) is 15.8 Å². The first-order valence-corrected chi connectivity index (χ1v) is 9.14. The minimum absolute atomic E-state index is 0.415. The summed E-state index contributed by atoms with van der Waals surface area (Å²) in [6, 6.07) is 9.99. The van der Waals surface area contributed by atoms with E-state index in [4.69, 9.17) is 10.5 Å². The number of aromatic nitrogens is 2. The van der Waals surface area contributed by atoms with E-state index in [1.807, 2.05) is 45.0 Å². The zero-order chi connectivity index (χ0) is 19.2. The van der Waals surface area contributed by atoms with E-state index in [2.05, 4.69) is 16.0 Å². The highest BCUT2D eigenvalue weighted by molar-refractivity contribution is 5.89. The van der Waals surface area contributed by atoms with Gasteiger partial charge in [0.25, 0.3) is 0 Å². The number of nitrogens with zero attached hydrogens (tertiary/aromatic N) is 3. The lowest BCUT2D eigenvalue weighted by Gasteiger charge is -2.21. The maximum Gasteiger partial charge on any atom is 0.420 e. The third-order valence-corrected chi connectivity index (χ3v) is 4.79. The third kappa shape index (κ3) is 3.23. The van der Waals surface area contributed by atoms with Gasteiger partial charge in [0.2, 0.25) is 0 Å². The van der Waals surface area contributed by atoms with Gasteiger partial charge in [0.1, 0.15) is 11.2 Å². The molecule has 140 valence electrons. The Labute approximate surface area is 158 Å². The molecule has 3 aromatic rings. The number of fused-ring (bicyclic) bond motifs is 2. The zero-order valence-electron chi connectivity index (χ0n) is 15.9. The van der Waals surface area contributed by atoms with Crippen molar-refractivity contribution in [2.75, 3.05) is 17.2 Å². The lowest BCUT2D eigenvalue weighted by molar-refractivity contribution is 0.0543. The first kappa shape index (κ1) is 17.4. The molecule has 0 saturated carbocycles. The molecule has 0 bridgehead atoms. The second kappa shape index (κ2) is 6.30. The Bertz CT molecular complexity index is 1020. The van der Waals surface area contributed by atoms with E-state index < -0.39 is 11.7 Å². The van der Waals surface area contributed by atoms with Gasteiger partial charge in [0.15, 0.2) is 0 Å². The van der Waals surface area contributed by atoms with E-state index in [-0.39, 0.29) is 0 Å². The number of carbonyl (C=O) groups is 1. The van der Waals surface area contributed by atoms with Crippen molar-refractivity contribution in [1.82, 2.24) is 9.55 Å². The molecule has 3 heterocycles. The standard InChI is InChI=1S/C21H24N4O2/c1-21(2,3)27-20(26)25-12-9-15-14(7-10-23-19(15)25)13-24-11-8-16-17(22)5-4-6-18(16)24/h4-7,9-10,12H,8,11,13,22H2,1-3H3. The molecule has 0 fully saturated rings. The molecule has 6 heteroatoms. The molecule has 1 aromatic carbocycles. The van der Waals surface area contributed by atoms with Gasteiger partial charge in [0, 0.05) is 47.8 Å². The van der Waals surface area contributed by atoms with Crippen molar-refractivity contribution >= 4 is 28.5 Å². The quantitative estimate of drug-likeness (QED) is 0.697. The number of ether oxygens (including phenoxy) is 1. The Hall–Kier alpha value is -3.02. The Balaban J connectivity index is 1.65. The van der Waals surface area contributed by atoms with Gasteiger partial charge in [-0.2, -0.15) is 0 Å². The Morgan fingerprint density at radius 3 is 2.85 bits per heavy atom. The van der Waals surface area contributed by atoms with Gasteiger partial charge in [-0.25, -0.2) is 14.3 Å². The largest absolute Gasteiger partial charge is 0.443 e. The van der Waals surface area contributed by atoms with Crippen LogP contribution in [0.4, 0.5) is 16.2 Å². The van der Waals surface area contributed by atoms with Gasteiger partial charge in [0.05, 0.1) is 0 Å². The fourth-order valence-corrected chi connectivity index (χ4v) is 3.59. The highest BCUT2D eigenvalue weighted by Gasteiger charge is 2.23. The number of nitrogen functional groups attached to an aromatic ring is 1. The van der Waals surface area contributed by atoms with Crippen molar-refractivity contribution in [2.24, 2.45) is 0 Å². The van der Waals surface area contributed by atoms with Crippen molar-refractivity contribution in [1.29, 1.82) is 0 Å². The van der Waals surface area contributed by atoms with Crippen molar-refractivity contribution in [3.05, 3.63) is 53.9 Å². The molecule has 0 amide bonds. The molecule has 0 spiro atoms. The van der Waals surface area contributed by atoms with Crippen molar-refractivity contribution in [3.8, 4) is 0 Å². The molecule has 0 aliphatic carbocycles. The molecule has 0 unspecified atom stereocenters. The number of hydrogen-bond donors (Lipinski definition) is 1. The number of anilines is 2. The van der Waals surface area contributed by atoms with Crippen LogP contribution in [0.5, 0.6) is 0 Å². The summed E-state index contributed by atoms with van der Waals surface area (Å²) in [6.45, 7) is 7.23. The van der Waals surface area contributed by atoms with Gasteiger partial charge in [-0.3, -0.25) is 0 Å². The van der Waals surface area contributed by atoms with Gasteiger partial charge in [-0.1, -0.05) is 6.07 Å². The highest BCUT2D eigenvalue weighted by atomic mass is 16.6. The normalized spacial score (nSPS) is 13.8. The summed E-state index contributed by atoms with van der Waals surface area (Å²) >= 11 is 0. The summed E-state index contributed by atoms with van der Waals surface area (Å²) in [5.74, 6) is 0. The number of carbonyl (C=O) groups excluding carboxylic acids is 1. The topological polar surface area (TPSA) is 73.4 Å². The lowest BCUT2D eigenvalue weighted by atomic mass is 10.1. The van der Waals surface area contributed by atoms with Crippen LogP contribution in [0.2, 0.25) is 0 Å². The van der Waals surface area contributed by atoms with Gasteiger partial charge in [-0.05, 0) is 57.0 Å². The summed E-state index contributed by atoms with van der Waals surface area (Å²) in [5.41, 5.74) is 10.6. The molecule has 1 aliphatic rings.